The summed E-state index contributed by atoms with van der Waals surface area (Å²) in [6.07, 6.45) is 4.74. The van der Waals surface area contributed by atoms with Crippen LogP contribution in [-0.4, -0.2) is 37.2 Å². The molecule has 0 rings (SSSR count). The number of hydrogen-bond acceptors (Lipinski definition) is 1. The maximum atomic E-state index is 11.3. The maximum Gasteiger partial charge on any atom is 0.247 e. The van der Waals surface area contributed by atoms with Crippen molar-refractivity contribution in [1.29, 1.82) is 0 Å². The minimum absolute atomic E-state index is 0. The summed E-state index contributed by atoms with van der Waals surface area (Å²) in [5.74, 6) is -0.0734. The van der Waals surface area contributed by atoms with Gasteiger partial charge < -0.3 is 26.8 Å². The summed E-state index contributed by atoms with van der Waals surface area (Å²) in [7, 11) is 4.32. The minimum atomic E-state index is -0.0734. The summed E-state index contributed by atoms with van der Waals surface area (Å²) in [6.45, 7) is 8.86. The molecule has 0 spiro atoms. The summed E-state index contributed by atoms with van der Waals surface area (Å²) in [5.41, 5.74) is 0. The molecule has 0 aliphatic carbocycles. The Bertz CT molecular complexity index is 217. The van der Waals surface area contributed by atoms with Gasteiger partial charge in [-0.05, 0) is 18.9 Å². The first kappa shape index (κ1) is 18.0. The van der Waals surface area contributed by atoms with E-state index >= 15 is 0 Å². The molecular weight excluding hydrogens is 268 g/mol. The van der Waals surface area contributed by atoms with Crippen molar-refractivity contribution in [3.8, 4) is 0 Å². The van der Waals surface area contributed by atoms with Crippen molar-refractivity contribution in [2.24, 2.45) is 0 Å². The SMILES string of the molecule is C=CC(=O)NC(CCC)[N+](C)(C)CCC.[Br-]. The largest absolute Gasteiger partial charge is 1.00 e. The van der Waals surface area contributed by atoms with Gasteiger partial charge in [0.2, 0.25) is 5.91 Å². The van der Waals surface area contributed by atoms with Crippen LogP contribution in [0.5, 0.6) is 0 Å². The first-order valence-electron chi connectivity index (χ1n) is 5.73. The second kappa shape index (κ2) is 8.76. The van der Waals surface area contributed by atoms with Crippen molar-refractivity contribution in [3.05, 3.63) is 12.7 Å². The third-order valence-corrected chi connectivity index (χ3v) is 2.70. The minimum Gasteiger partial charge on any atom is -1.00 e. The van der Waals surface area contributed by atoms with E-state index in [-0.39, 0.29) is 29.1 Å². The van der Waals surface area contributed by atoms with Gasteiger partial charge in [0.15, 0.2) is 6.17 Å². The number of hydrogen-bond donors (Lipinski definition) is 1. The van der Waals surface area contributed by atoms with Gasteiger partial charge in [-0.3, -0.25) is 4.79 Å². The van der Waals surface area contributed by atoms with Gasteiger partial charge in [0.25, 0.3) is 0 Å². The Morgan fingerprint density at radius 3 is 2.31 bits per heavy atom. The average Bonchev–Trinajstić information content (AvgIpc) is 2.16. The fraction of sp³-hybridized carbons (Fsp3) is 0.750. The Hall–Kier alpha value is -0.350. The average molecular weight is 293 g/mol. The molecule has 1 unspecified atom stereocenters. The lowest BCUT2D eigenvalue weighted by Gasteiger charge is -2.38. The smallest absolute Gasteiger partial charge is 0.247 e. The molecule has 1 N–H and O–H groups in total. The second-order valence-electron chi connectivity index (χ2n) is 4.52. The number of halogens is 1. The molecule has 0 aliphatic heterocycles. The zero-order valence-electron chi connectivity index (χ0n) is 10.9. The predicted molar refractivity (Wildman–Crippen MR) is 64.3 cm³/mol. The third-order valence-electron chi connectivity index (χ3n) is 2.70. The van der Waals surface area contributed by atoms with Crippen LogP contribution in [0.15, 0.2) is 12.7 Å². The quantitative estimate of drug-likeness (QED) is 0.361. The molecule has 4 heteroatoms. The topological polar surface area (TPSA) is 29.1 Å². The molecule has 3 nitrogen and oxygen atoms in total. The van der Waals surface area contributed by atoms with Crippen molar-refractivity contribution in [2.75, 3.05) is 20.6 Å². The second-order valence-corrected chi connectivity index (χ2v) is 4.52. The number of nitrogens with zero attached hydrogens (tertiary/aromatic N) is 1. The summed E-state index contributed by atoms with van der Waals surface area (Å²) >= 11 is 0. The summed E-state index contributed by atoms with van der Waals surface area (Å²) in [6, 6.07) is 0. The Morgan fingerprint density at radius 2 is 1.94 bits per heavy atom. The molecule has 1 amide bonds. The monoisotopic (exact) mass is 292 g/mol. The van der Waals surface area contributed by atoms with Crippen molar-refractivity contribution in [1.82, 2.24) is 5.32 Å². The van der Waals surface area contributed by atoms with Gasteiger partial charge in [-0.2, -0.15) is 0 Å². The number of amides is 1. The molecule has 0 aromatic carbocycles. The number of rotatable bonds is 7. The molecule has 0 aromatic rings. The fourth-order valence-electron chi connectivity index (χ4n) is 1.83. The normalized spacial score (nSPS) is 12.5. The van der Waals surface area contributed by atoms with Gasteiger partial charge in [0.1, 0.15) is 0 Å². The van der Waals surface area contributed by atoms with E-state index in [2.05, 4.69) is 39.8 Å². The Balaban J connectivity index is 0. The maximum absolute atomic E-state index is 11.3. The molecule has 16 heavy (non-hydrogen) atoms. The summed E-state index contributed by atoms with van der Waals surface area (Å²) in [4.78, 5) is 11.3. The lowest BCUT2D eigenvalue weighted by Crippen LogP contribution is -3.00. The highest BCUT2D eigenvalue weighted by Crippen LogP contribution is 2.11. The zero-order chi connectivity index (χ0) is 11.9. The number of nitrogens with one attached hydrogen (secondary N) is 1. The van der Waals surface area contributed by atoms with Crippen LogP contribution in [0, 0.1) is 0 Å². The van der Waals surface area contributed by atoms with Crippen LogP contribution in [0.2, 0.25) is 0 Å². The molecule has 0 radical (unpaired) electrons. The van der Waals surface area contributed by atoms with E-state index in [9.17, 15) is 4.79 Å². The van der Waals surface area contributed by atoms with E-state index in [1.807, 2.05) is 0 Å². The lowest BCUT2D eigenvalue weighted by molar-refractivity contribution is -0.917. The Kier molecular flexibility index (Phi) is 9.87. The number of carbonyl (C=O) groups is 1. The lowest BCUT2D eigenvalue weighted by atomic mass is 10.2. The van der Waals surface area contributed by atoms with E-state index in [0.717, 1.165) is 30.3 Å². The van der Waals surface area contributed by atoms with Crippen LogP contribution in [0.4, 0.5) is 0 Å². The Labute approximate surface area is 110 Å². The molecule has 0 saturated heterocycles. The predicted octanol–water partition coefficient (Wildman–Crippen LogP) is -1.09. The van der Waals surface area contributed by atoms with Gasteiger partial charge in [0.05, 0.1) is 20.6 Å². The molecule has 0 fully saturated rings. The van der Waals surface area contributed by atoms with Gasteiger partial charge in [0, 0.05) is 6.42 Å². The zero-order valence-corrected chi connectivity index (χ0v) is 12.5. The van der Waals surface area contributed by atoms with Crippen molar-refractivity contribution in [3.63, 3.8) is 0 Å². The molecule has 0 bridgehead atoms. The first-order valence-corrected chi connectivity index (χ1v) is 5.73. The van der Waals surface area contributed by atoms with E-state index < -0.39 is 0 Å². The Morgan fingerprint density at radius 1 is 1.38 bits per heavy atom. The molecule has 0 aromatic heterocycles. The fourth-order valence-corrected chi connectivity index (χ4v) is 1.83. The standard InChI is InChI=1S/C12H24N2O.BrH/c1-6-9-11(13-12(15)8-3)14(4,5)10-7-2;/h8,11H,3,6-7,9-10H2,1-2,4-5H3;1H. The highest BCUT2D eigenvalue weighted by Gasteiger charge is 2.27. The molecule has 0 saturated carbocycles. The van der Waals surface area contributed by atoms with Crippen LogP contribution in [-0.2, 0) is 4.79 Å². The van der Waals surface area contributed by atoms with Gasteiger partial charge in [-0.15, -0.1) is 0 Å². The van der Waals surface area contributed by atoms with Crippen molar-refractivity contribution < 1.29 is 26.3 Å². The summed E-state index contributed by atoms with van der Waals surface area (Å²) < 4.78 is 0.837. The van der Waals surface area contributed by atoms with Crippen LogP contribution >= 0.6 is 0 Å². The van der Waals surface area contributed by atoms with Crippen molar-refractivity contribution in [2.45, 2.75) is 39.3 Å². The molecule has 0 heterocycles. The first-order chi connectivity index (χ1) is 6.97. The summed E-state index contributed by atoms with van der Waals surface area (Å²) in [5, 5.41) is 3.01. The van der Waals surface area contributed by atoms with Gasteiger partial charge >= 0.3 is 0 Å². The van der Waals surface area contributed by atoms with E-state index in [0.29, 0.717) is 0 Å². The van der Waals surface area contributed by atoms with E-state index in [4.69, 9.17) is 0 Å². The molecular formula is C12H25BrN2O. The van der Waals surface area contributed by atoms with E-state index in [1.165, 1.54) is 6.08 Å². The van der Waals surface area contributed by atoms with E-state index in [1.54, 1.807) is 0 Å². The van der Waals surface area contributed by atoms with Crippen LogP contribution in [0.3, 0.4) is 0 Å². The molecule has 96 valence electrons. The number of quaternary nitrogens is 1. The molecule has 0 aliphatic rings. The van der Waals surface area contributed by atoms with Crippen LogP contribution in [0.25, 0.3) is 0 Å². The molecule has 1 atom stereocenters. The highest BCUT2D eigenvalue weighted by atomic mass is 79.9. The van der Waals surface area contributed by atoms with Gasteiger partial charge in [-0.25, -0.2) is 0 Å². The van der Waals surface area contributed by atoms with Crippen LogP contribution in [0.1, 0.15) is 33.1 Å². The third kappa shape index (κ3) is 6.28. The van der Waals surface area contributed by atoms with Crippen LogP contribution < -0.4 is 22.3 Å². The van der Waals surface area contributed by atoms with Crippen molar-refractivity contribution >= 4 is 5.91 Å². The van der Waals surface area contributed by atoms with Gasteiger partial charge in [-0.1, -0.05) is 20.4 Å². The highest BCUT2D eigenvalue weighted by molar-refractivity contribution is 5.86. The number of carbonyl (C=O) groups excluding carboxylic acids is 1.